The molecule has 4 nitrogen and oxygen atoms in total. The lowest BCUT2D eigenvalue weighted by atomic mass is 9.95. The van der Waals surface area contributed by atoms with E-state index in [0.717, 1.165) is 5.56 Å². The first-order valence-electron chi connectivity index (χ1n) is 7.75. The molecule has 0 aliphatic heterocycles. The van der Waals surface area contributed by atoms with Crippen LogP contribution in [0.4, 0.5) is 0 Å². The molecule has 0 spiro atoms. The van der Waals surface area contributed by atoms with E-state index in [0.29, 0.717) is 17.3 Å². The van der Waals surface area contributed by atoms with Crippen molar-refractivity contribution in [1.82, 2.24) is 5.32 Å². The predicted octanol–water partition coefficient (Wildman–Crippen LogP) is 3.79. The molecule has 0 aliphatic rings. The number of para-hydroxylation sites is 1. The standard InChI is InChI=1S/C19H22ClNO3/c1-14(24-17-10-5-4-6-11-17)18(22)21-13-19(2,23-3)15-8-7-9-16(20)12-15/h4-12,14H,13H2,1-3H3,(H,21,22)/t14-,19+/m1/s1. The van der Waals surface area contributed by atoms with Crippen LogP contribution in [0, 0.1) is 0 Å². The molecule has 24 heavy (non-hydrogen) atoms. The maximum Gasteiger partial charge on any atom is 0.260 e. The van der Waals surface area contributed by atoms with E-state index in [1.807, 2.05) is 55.5 Å². The second kappa shape index (κ2) is 8.18. The van der Waals surface area contributed by atoms with Gasteiger partial charge in [0.05, 0.1) is 6.54 Å². The van der Waals surface area contributed by atoms with Gasteiger partial charge in [0.25, 0.3) is 5.91 Å². The SMILES string of the molecule is CO[C@@](C)(CNC(=O)[C@@H](C)Oc1ccccc1)c1cccc(Cl)c1. The van der Waals surface area contributed by atoms with Gasteiger partial charge in [0.2, 0.25) is 0 Å². The fourth-order valence-electron chi connectivity index (χ4n) is 2.27. The highest BCUT2D eigenvalue weighted by molar-refractivity contribution is 6.30. The molecule has 0 saturated heterocycles. The van der Waals surface area contributed by atoms with Crippen molar-refractivity contribution in [3.63, 3.8) is 0 Å². The van der Waals surface area contributed by atoms with Crippen molar-refractivity contribution in [1.29, 1.82) is 0 Å². The minimum absolute atomic E-state index is 0.204. The van der Waals surface area contributed by atoms with E-state index >= 15 is 0 Å². The van der Waals surface area contributed by atoms with Crippen molar-refractivity contribution < 1.29 is 14.3 Å². The molecule has 5 heteroatoms. The number of hydrogen-bond donors (Lipinski definition) is 1. The fraction of sp³-hybridized carbons (Fsp3) is 0.316. The van der Waals surface area contributed by atoms with Gasteiger partial charge in [-0.25, -0.2) is 0 Å². The number of hydrogen-bond acceptors (Lipinski definition) is 3. The van der Waals surface area contributed by atoms with Crippen molar-refractivity contribution >= 4 is 17.5 Å². The van der Waals surface area contributed by atoms with Crippen LogP contribution in [-0.2, 0) is 15.1 Å². The van der Waals surface area contributed by atoms with Crippen molar-refractivity contribution in [2.75, 3.05) is 13.7 Å². The number of carbonyl (C=O) groups excluding carboxylic acids is 1. The van der Waals surface area contributed by atoms with Gasteiger partial charge in [-0.3, -0.25) is 4.79 Å². The summed E-state index contributed by atoms with van der Waals surface area (Å²) in [5.41, 5.74) is 0.224. The Kier molecular flexibility index (Phi) is 6.23. The quantitative estimate of drug-likeness (QED) is 0.829. The second-order valence-corrected chi connectivity index (χ2v) is 6.17. The molecule has 1 amide bonds. The van der Waals surface area contributed by atoms with Gasteiger partial charge in [0, 0.05) is 12.1 Å². The van der Waals surface area contributed by atoms with Crippen LogP contribution in [-0.4, -0.2) is 25.7 Å². The summed E-state index contributed by atoms with van der Waals surface area (Å²) < 4.78 is 11.2. The third kappa shape index (κ3) is 4.73. The number of nitrogens with one attached hydrogen (secondary N) is 1. The molecule has 0 aliphatic carbocycles. The van der Waals surface area contributed by atoms with Crippen molar-refractivity contribution in [2.24, 2.45) is 0 Å². The van der Waals surface area contributed by atoms with Gasteiger partial charge in [0.1, 0.15) is 11.4 Å². The number of halogens is 1. The lowest BCUT2D eigenvalue weighted by Gasteiger charge is -2.29. The Morgan fingerprint density at radius 2 is 1.92 bits per heavy atom. The predicted molar refractivity (Wildman–Crippen MR) is 95.4 cm³/mol. The molecule has 0 aromatic heterocycles. The van der Waals surface area contributed by atoms with Gasteiger partial charge in [-0.15, -0.1) is 0 Å². The average molecular weight is 348 g/mol. The minimum atomic E-state index is -0.674. The highest BCUT2D eigenvalue weighted by Crippen LogP contribution is 2.26. The maximum absolute atomic E-state index is 12.3. The third-order valence-electron chi connectivity index (χ3n) is 3.91. The summed E-state index contributed by atoms with van der Waals surface area (Å²) in [6, 6.07) is 16.7. The number of ether oxygens (including phenoxy) is 2. The summed E-state index contributed by atoms with van der Waals surface area (Å²) in [4.78, 5) is 12.3. The molecule has 0 unspecified atom stereocenters. The molecule has 2 atom stereocenters. The summed E-state index contributed by atoms with van der Waals surface area (Å²) >= 11 is 6.05. The van der Waals surface area contributed by atoms with Gasteiger partial charge in [-0.2, -0.15) is 0 Å². The lowest BCUT2D eigenvalue weighted by Crippen LogP contribution is -2.44. The molecule has 0 heterocycles. The molecule has 0 bridgehead atoms. The van der Waals surface area contributed by atoms with Gasteiger partial charge in [-0.1, -0.05) is 41.9 Å². The van der Waals surface area contributed by atoms with E-state index in [4.69, 9.17) is 21.1 Å². The van der Waals surface area contributed by atoms with Crippen molar-refractivity contribution in [3.8, 4) is 5.75 Å². The zero-order valence-electron chi connectivity index (χ0n) is 14.1. The van der Waals surface area contributed by atoms with Crippen LogP contribution in [0.1, 0.15) is 19.4 Å². The summed E-state index contributed by atoms with van der Waals surface area (Å²) in [5, 5.41) is 3.51. The smallest absolute Gasteiger partial charge is 0.260 e. The normalized spacial score (nSPS) is 14.5. The average Bonchev–Trinajstić information content (AvgIpc) is 2.60. The molecule has 2 aromatic carbocycles. The minimum Gasteiger partial charge on any atom is -0.481 e. The largest absolute Gasteiger partial charge is 0.481 e. The molecule has 128 valence electrons. The van der Waals surface area contributed by atoms with Crippen LogP contribution in [0.15, 0.2) is 54.6 Å². The Morgan fingerprint density at radius 1 is 1.21 bits per heavy atom. The van der Waals surface area contributed by atoms with Crippen LogP contribution >= 0.6 is 11.6 Å². The molecular weight excluding hydrogens is 326 g/mol. The Hall–Kier alpha value is -2.04. The Labute approximate surface area is 147 Å². The summed E-state index contributed by atoms with van der Waals surface area (Å²) in [7, 11) is 1.61. The van der Waals surface area contributed by atoms with Gasteiger partial charge < -0.3 is 14.8 Å². The van der Waals surface area contributed by atoms with Crippen LogP contribution in [0.3, 0.4) is 0 Å². The first-order valence-corrected chi connectivity index (χ1v) is 8.13. The maximum atomic E-state index is 12.3. The first-order chi connectivity index (χ1) is 11.4. The third-order valence-corrected chi connectivity index (χ3v) is 4.15. The van der Waals surface area contributed by atoms with E-state index in [-0.39, 0.29) is 5.91 Å². The van der Waals surface area contributed by atoms with E-state index in [9.17, 15) is 4.79 Å². The highest BCUT2D eigenvalue weighted by atomic mass is 35.5. The second-order valence-electron chi connectivity index (χ2n) is 5.74. The Morgan fingerprint density at radius 3 is 2.54 bits per heavy atom. The van der Waals surface area contributed by atoms with Crippen LogP contribution in [0.25, 0.3) is 0 Å². The fourth-order valence-corrected chi connectivity index (χ4v) is 2.46. The number of rotatable bonds is 7. The highest BCUT2D eigenvalue weighted by Gasteiger charge is 2.28. The molecule has 0 fully saturated rings. The number of benzene rings is 2. The van der Waals surface area contributed by atoms with E-state index < -0.39 is 11.7 Å². The zero-order chi connectivity index (χ0) is 17.6. The molecule has 2 rings (SSSR count). The molecule has 0 radical (unpaired) electrons. The Bertz CT molecular complexity index is 677. The van der Waals surface area contributed by atoms with Crippen molar-refractivity contribution in [3.05, 3.63) is 65.2 Å². The van der Waals surface area contributed by atoms with Crippen LogP contribution in [0.2, 0.25) is 5.02 Å². The topological polar surface area (TPSA) is 47.6 Å². The molecule has 0 saturated carbocycles. The molecule has 2 aromatic rings. The number of amides is 1. The van der Waals surface area contributed by atoms with E-state index in [1.54, 1.807) is 20.1 Å². The van der Waals surface area contributed by atoms with Crippen molar-refractivity contribution in [2.45, 2.75) is 25.6 Å². The number of carbonyl (C=O) groups is 1. The van der Waals surface area contributed by atoms with Crippen LogP contribution in [0.5, 0.6) is 5.75 Å². The van der Waals surface area contributed by atoms with E-state index in [1.165, 1.54) is 0 Å². The molecule has 1 N–H and O–H groups in total. The molecular formula is C19H22ClNO3. The number of methoxy groups -OCH3 is 1. The monoisotopic (exact) mass is 347 g/mol. The summed E-state index contributed by atoms with van der Waals surface area (Å²) in [6.07, 6.45) is -0.604. The summed E-state index contributed by atoms with van der Waals surface area (Å²) in [5.74, 6) is 0.452. The summed E-state index contributed by atoms with van der Waals surface area (Å²) in [6.45, 7) is 3.93. The van der Waals surface area contributed by atoms with Gasteiger partial charge >= 0.3 is 0 Å². The zero-order valence-corrected chi connectivity index (χ0v) is 14.8. The van der Waals surface area contributed by atoms with E-state index in [2.05, 4.69) is 5.32 Å². The van der Waals surface area contributed by atoms with Gasteiger partial charge in [-0.05, 0) is 43.7 Å². The Balaban J connectivity index is 1.98. The van der Waals surface area contributed by atoms with Gasteiger partial charge in [0.15, 0.2) is 6.10 Å². The first kappa shape index (κ1) is 18.3. The lowest BCUT2D eigenvalue weighted by molar-refractivity contribution is -0.128. The van der Waals surface area contributed by atoms with Crippen LogP contribution < -0.4 is 10.1 Å².